The topological polar surface area (TPSA) is 60.4 Å². The quantitative estimate of drug-likeness (QED) is 0.487. The summed E-state index contributed by atoms with van der Waals surface area (Å²) in [6, 6.07) is 0. The number of hydrogen-bond donors (Lipinski definition) is 0. The fraction of sp³-hybridized carbons (Fsp3) is 0.667. The molecule has 0 radical (unpaired) electrons. The molecule has 0 N–H and O–H groups in total. The van der Waals surface area contributed by atoms with Crippen LogP contribution >= 0.6 is 0 Å². The Morgan fingerprint density at radius 1 is 1.36 bits per heavy atom. The van der Waals surface area contributed by atoms with E-state index < -0.39 is 21.6 Å². The van der Waals surface area contributed by atoms with Gasteiger partial charge in [-0.05, 0) is 0 Å². The Labute approximate surface area is 89.8 Å². The minimum absolute atomic E-state index is 0.0232. The number of ketones is 2. The van der Waals surface area contributed by atoms with Crippen molar-refractivity contribution in [2.75, 3.05) is 6.61 Å². The number of hydrogen-bond acceptors (Lipinski definition) is 4. The van der Waals surface area contributed by atoms with Gasteiger partial charge in [0, 0.05) is 0 Å². The van der Waals surface area contributed by atoms with Gasteiger partial charge < -0.3 is 0 Å². The first kappa shape index (κ1) is 13.6. The average Bonchev–Trinajstić information content (AvgIpc) is 2.11. The van der Waals surface area contributed by atoms with Gasteiger partial charge in [-0.1, -0.05) is 0 Å². The third-order valence-corrected chi connectivity index (χ3v) is 2.32. The molecule has 0 saturated heterocycles. The van der Waals surface area contributed by atoms with Crippen LogP contribution in [-0.2, 0) is 33.8 Å². The molecule has 14 heavy (non-hydrogen) atoms. The van der Waals surface area contributed by atoms with Crippen molar-refractivity contribution in [3.05, 3.63) is 0 Å². The van der Waals surface area contributed by atoms with Crippen LogP contribution in [0.15, 0.2) is 0 Å². The molecule has 4 nitrogen and oxygen atoms in total. The third kappa shape index (κ3) is 6.08. The van der Waals surface area contributed by atoms with E-state index in [-0.39, 0.29) is 16.6 Å². The predicted octanol–water partition coefficient (Wildman–Crippen LogP) is 0.909. The molecule has 5 heteroatoms. The van der Waals surface area contributed by atoms with Gasteiger partial charge >= 0.3 is 89.5 Å². The first-order chi connectivity index (χ1) is 6.61. The summed E-state index contributed by atoms with van der Waals surface area (Å²) < 4.78 is 15.7. The molecule has 0 spiro atoms. The van der Waals surface area contributed by atoms with E-state index >= 15 is 0 Å². The fourth-order valence-corrected chi connectivity index (χ4v) is 1.28. The van der Waals surface area contributed by atoms with Crippen molar-refractivity contribution in [2.45, 2.75) is 33.1 Å². The minimum atomic E-state index is -1.47. The molecule has 0 bridgehead atoms. The number of unbranched alkanes of at least 4 members (excludes halogenated alkanes) is 1. The average molecular weight is 237 g/mol. The first-order valence-electron chi connectivity index (χ1n) is 4.47. The van der Waals surface area contributed by atoms with Crippen molar-refractivity contribution in [2.24, 2.45) is 0 Å². The molecule has 0 saturated carbocycles. The second-order valence-corrected chi connectivity index (χ2v) is 3.82. The van der Waals surface area contributed by atoms with Crippen LogP contribution in [-0.4, -0.2) is 22.6 Å². The summed E-state index contributed by atoms with van der Waals surface area (Å²) in [7, 11) is 0. The van der Waals surface area contributed by atoms with Crippen LogP contribution in [0.3, 0.4) is 0 Å². The van der Waals surface area contributed by atoms with E-state index in [9.17, 15) is 13.3 Å². The van der Waals surface area contributed by atoms with Crippen molar-refractivity contribution in [1.82, 2.24) is 0 Å². The molecule has 0 aromatic carbocycles. The Balaban J connectivity index is 4.08. The fourth-order valence-electron chi connectivity index (χ4n) is 0.773. The normalized spacial score (nSPS) is 9.29. The van der Waals surface area contributed by atoms with Crippen LogP contribution in [0.2, 0.25) is 0 Å². The summed E-state index contributed by atoms with van der Waals surface area (Å²) >= 11 is -1.47. The van der Waals surface area contributed by atoms with E-state index in [2.05, 4.69) is 0 Å². The summed E-state index contributed by atoms with van der Waals surface area (Å²) in [5.74, 6) is -0.676. The van der Waals surface area contributed by atoms with E-state index in [1.807, 2.05) is 6.92 Å². The second kappa shape index (κ2) is 7.91. The van der Waals surface area contributed by atoms with Gasteiger partial charge in [-0.2, -0.15) is 0 Å². The number of ether oxygens (including phenoxy) is 1. The number of carbonyl (C=O) groups is 2. The van der Waals surface area contributed by atoms with Crippen molar-refractivity contribution in [1.29, 1.82) is 0 Å². The first-order valence-corrected chi connectivity index (χ1v) is 5.74. The Bertz CT molecular complexity index is 266. The number of Topliss-reactive ketones (excluding diaryl/α,β-unsaturated/α-hetero) is 2. The van der Waals surface area contributed by atoms with E-state index in [1.54, 1.807) is 0 Å². The summed E-state index contributed by atoms with van der Waals surface area (Å²) in [4.78, 5) is 21.8. The molecular weight excluding hydrogens is 223 g/mol. The SMILES string of the molecule is CCCCO[C](=[V]=[O])C(=O)CC(C)=O. The molecule has 0 rings (SSSR count). The van der Waals surface area contributed by atoms with Crippen molar-refractivity contribution >= 4 is 16.0 Å². The van der Waals surface area contributed by atoms with E-state index in [0.717, 1.165) is 12.8 Å². The molecule has 0 heterocycles. The standard InChI is InChI=1S/C9H14O3.O.V/c1-3-4-5-12-7-9(11)6-8(2)10;;/h3-6H2,1-2H3;;. The Hall–Kier alpha value is -0.446. The van der Waals surface area contributed by atoms with Gasteiger partial charge in [0.05, 0.1) is 0 Å². The van der Waals surface area contributed by atoms with Crippen LogP contribution in [0.4, 0.5) is 0 Å². The zero-order chi connectivity index (χ0) is 11.0. The molecule has 79 valence electrons. The Morgan fingerprint density at radius 3 is 2.43 bits per heavy atom. The van der Waals surface area contributed by atoms with Gasteiger partial charge in [-0.25, -0.2) is 0 Å². The molecule has 0 aliphatic carbocycles. The summed E-state index contributed by atoms with van der Waals surface area (Å²) in [6.07, 6.45) is 1.56. The Morgan fingerprint density at radius 2 is 2.00 bits per heavy atom. The molecule has 0 unspecified atom stereocenters. The van der Waals surface area contributed by atoms with Crippen molar-refractivity contribution in [3.8, 4) is 0 Å². The van der Waals surface area contributed by atoms with E-state index in [1.165, 1.54) is 6.92 Å². The maximum absolute atomic E-state index is 11.2. The zero-order valence-corrected chi connectivity index (χ0v) is 9.81. The Kier molecular flexibility index (Phi) is 7.66. The molecule has 0 amide bonds. The van der Waals surface area contributed by atoms with E-state index in [4.69, 9.17) is 4.74 Å². The van der Waals surface area contributed by atoms with Crippen molar-refractivity contribution < 1.29 is 33.8 Å². The monoisotopic (exact) mass is 237 g/mol. The second-order valence-electron chi connectivity index (χ2n) is 2.90. The maximum atomic E-state index is 11.2. The molecule has 0 aromatic rings. The van der Waals surface area contributed by atoms with Crippen LogP contribution in [0, 0.1) is 0 Å². The van der Waals surface area contributed by atoms with Crippen LogP contribution < -0.4 is 0 Å². The van der Waals surface area contributed by atoms with E-state index in [0.29, 0.717) is 6.61 Å². The third-order valence-electron chi connectivity index (χ3n) is 1.47. The number of rotatable bonds is 7. The van der Waals surface area contributed by atoms with Crippen LogP contribution in [0.1, 0.15) is 33.1 Å². The van der Waals surface area contributed by atoms with Gasteiger partial charge in [-0.15, -0.1) is 0 Å². The van der Waals surface area contributed by atoms with Gasteiger partial charge in [0.15, 0.2) is 0 Å². The van der Waals surface area contributed by atoms with Crippen LogP contribution in [0.5, 0.6) is 0 Å². The summed E-state index contributed by atoms with van der Waals surface area (Å²) in [5.41, 5.74) is 0. The molecule has 0 fully saturated rings. The van der Waals surface area contributed by atoms with Gasteiger partial charge in [0.2, 0.25) is 0 Å². The molecule has 0 aromatic heterocycles. The van der Waals surface area contributed by atoms with Gasteiger partial charge in [-0.3, -0.25) is 0 Å². The molecule has 0 aliphatic heterocycles. The van der Waals surface area contributed by atoms with Gasteiger partial charge in [0.1, 0.15) is 0 Å². The molecule has 0 atom stereocenters. The number of carbonyl (C=O) groups excluding carboxylic acids is 2. The molecular formula is C9H14O4V. The van der Waals surface area contributed by atoms with Crippen molar-refractivity contribution in [3.63, 3.8) is 0 Å². The molecule has 0 aliphatic rings. The van der Waals surface area contributed by atoms with Crippen LogP contribution in [0.25, 0.3) is 0 Å². The summed E-state index contributed by atoms with van der Waals surface area (Å²) in [6.45, 7) is 3.71. The summed E-state index contributed by atoms with van der Waals surface area (Å²) in [5, 5.41) is 0. The zero-order valence-electron chi connectivity index (χ0n) is 8.41. The van der Waals surface area contributed by atoms with Gasteiger partial charge in [0.25, 0.3) is 0 Å². The predicted molar refractivity (Wildman–Crippen MR) is 46.9 cm³/mol.